The zero-order valence-corrected chi connectivity index (χ0v) is 19.0. The molecule has 5 rings (SSSR count). The Morgan fingerprint density at radius 3 is 2.76 bits per heavy atom. The molecule has 1 N–H and O–H groups in total. The molecule has 0 saturated carbocycles. The maximum atomic E-state index is 13.4. The number of halogens is 1. The van der Waals surface area contributed by atoms with Crippen LogP contribution in [-0.4, -0.2) is 64.6 Å². The summed E-state index contributed by atoms with van der Waals surface area (Å²) < 4.78 is 18.8. The molecule has 7 nitrogen and oxygen atoms in total. The molecule has 2 fully saturated rings. The molecular formula is C25H32FN5O2. The molecule has 3 aliphatic heterocycles. The minimum Gasteiger partial charge on any atom is -0.381 e. The highest BCUT2D eigenvalue weighted by Crippen LogP contribution is 2.31. The number of carbonyl (C=O) groups excluding carboxylic acids is 1. The van der Waals surface area contributed by atoms with Gasteiger partial charge in [0.05, 0.1) is 18.8 Å². The SMILES string of the molecule is O=C(CN1CCCC[C@H]1c1ccc(F)cc1)N1CCc2cnc(NC3CCOCC3)nc2C1. The number of benzene rings is 1. The number of nitrogens with zero attached hydrogens (tertiary/aromatic N) is 4. The second-order valence-electron chi connectivity index (χ2n) is 9.30. The van der Waals surface area contributed by atoms with Gasteiger partial charge in [0.2, 0.25) is 11.9 Å². The van der Waals surface area contributed by atoms with Crippen LogP contribution in [0.1, 0.15) is 55.0 Å². The Hall–Kier alpha value is -2.58. The summed E-state index contributed by atoms with van der Waals surface area (Å²) in [6.45, 7) is 4.01. The van der Waals surface area contributed by atoms with Crippen LogP contribution in [0.15, 0.2) is 30.5 Å². The quantitative estimate of drug-likeness (QED) is 0.749. The van der Waals surface area contributed by atoms with Crippen molar-refractivity contribution >= 4 is 11.9 Å². The monoisotopic (exact) mass is 453 g/mol. The summed E-state index contributed by atoms with van der Waals surface area (Å²) in [5, 5.41) is 3.43. The molecule has 0 spiro atoms. The highest BCUT2D eigenvalue weighted by molar-refractivity contribution is 5.78. The van der Waals surface area contributed by atoms with Gasteiger partial charge in [-0.1, -0.05) is 18.6 Å². The van der Waals surface area contributed by atoms with Gasteiger partial charge in [-0.3, -0.25) is 9.69 Å². The Morgan fingerprint density at radius 2 is 1.94 bits per heavy atom. The average molecular weight is 454 g/mol. The van der Waals surface area contributed by atoms with E-state index >= 15 is 0 Å². The Morgan fingerprint density at radius 1 is 1.12 bits per heavy atom. The molecule has 2 aromatic rings. The fourth-order valence-corrected chi connectivity index (χ4v) is 5.13. The number of rotatable bonds is 5. The maximum Gasteiger partial charge on any atom is 0.237 e. The lowest BCUT2D eigenvalue weighted by molar-refractivity contribution is -0.134. The van der Waals surface area contributed by atoms with Crippen molar-refractivity contribution in [1.82, 2.24) is 19.8 Å². The van der Waals surface area contributed by atoms with Crippen LogP contribution < -0.4 is 5.32 Å². The molecule has 1 aromatic carbocycles. The Kier molecular flexibility index (Phi) is 6.83. The van der Waals surface area contributed by atoms with Crippen molar-refractivity contribution in [2.45, 2.75) is 57.2 Å². The molecule has 33 heavy (non-hydrogen) atoms. The highest BCUT2D eigenvalue weighted by atomic mass is 19.1. The number of fused-ring (bicyclic) bond motifs is 1. The van der Waals surface area contributed by atoms with Gasteiger partial charge in [-0.15, -0.1) is 0 Å². The molecule has 2 saturated heterocycles. The van der Waals surface area contributed by atoms with Crippen LogP contribution in [0.25, 0.3) is 0 Å². The largest absolute Gasteiger partial charge is 0.381 e. The maximum absolute atomic E-state index is 13.4. The summed E-state index contributed by atoms with van der Waals surface area (Å²) in [7, 11) is 0. The molecule has 4 heterocycles. The van der Waals surface area contributed by atoms with E-state index in [1.807, 2.05) is 23.2 Å². The zero-order valence-electron chi connectivity index (χ0n) is 19.0. The lowest BCUT2D eigenvalue weighted by Crippen LogP contribution is -2.45. The van der Waals surface area contributed by atoms with Crippen LogP contribution in [0.5, 0.6) is 0 Å². The number of amides is 1. The van der Waals surface area contributed by atoms with Gasteiger partial charge >= 0.3 is 0 Å². The topological polar surface area (TPSA) is 70.6 Å². The lowest BCUT2D eigenvalue weighted by Gasteiger charge is -2.37. The summed E-state index contributed by atoms with van der Waals surface area (Å²) in [5.74, 6) is 0.548. The van der Waals surface area contributed by atoms with Gasteiger partial charge in [-0.05, 0) is 61.9 Å². The lowest BCUT2D eigenvalue weighted by atomic mass is 9.95. The van der Waals surface area contributed by atoms with E-state index < -0.39 is 0 Å². The van der Waals surface area contributed by atoms with E-state index in [4.69, 9.17) is 9.72 Å². The van der Waals surface area contributed by atoms with Crippen molar-refractivity contribution < 1.29 is 13.9 Å². The third-order valence-electron chi connectivity index (χ3n) is 7.06. The van der Waals surface area contributed by atoms with Gasteiger partial charge < -0.3 is 15.0 Å². The van der Waals surface area contributed by atoms with Crippen molar-refractivity contribution in [3.63, 3.8) is 0 Å². The van der Waals surface area contributed by atoms with E-state index in [-0.39, 0.29) is 17.8 Å². The van der Waals surface area contributed by atoms with Gasteiger partial charge in [-0.25, -0.2) is 14.4 Å². The summed E-state index contributed by atoms with van der Waals surface area (Å²) in [6, 6.07) is 7.22. The van der Waals surface area contributed by atoms with Crippen molar-refractivity contribution in [2.24, 2.45) is 0 Å². The first-order chi connectivity index (χ1) is 16.2. The minimum absolute atomic E-state index is 0.132. The molecule has 0 radical (unpaired) electrons. The van der Waals surface area contributed by atoms with Crippen LogP contribution >= 0.6 is 0 Å². The van der Waals surface area contributed by atoms with Gasteiger partial charge in [0.1, 0.15) is 5.82 Å². The van der Waals surface area contributed by atoms with Crippen LogP contribution in [0.2, 0.25) is 0 Å². The summed E-state index contributed by atoms with van der Waals surface area (Å²) >= 11 is 0. The van der Waals surface area contributed by atoms with E-state index in [9.17, 15) is 9.18 Å². The average Bonchev–Trinajstić information content (AvgIpc) is 2.85. The number of ether oxygens (including phenoxy) is 1. The normalized spacial score (nSPS) is 22.1. The number of carbonyl (C=O) groups is 1. The number of hydrogen-bond donors (Lipinski definition) is 1. The van der Waals surface area contributed by atoms with Crippen LogP contribution in [0, 0.1) is 5.82 Å². The fourth-order valence-electron chi connectivity index (χ4n) is 5.13. The number of likely N-dealkylation sites (tertiary alicyclic amines) is 1. The molecule has 1 aromatic heterocycles. The standard InChI is InChI=1S/C25H32FN5O2/c26-20-6-4-18(5-7-20)23-3-1-2-11-30(23)17-24(32)31-12-8-19-15-27-25(29-22(19)16-31)28-21-9-13-33-14-10-21/h4-7,15,21,23H,1-3,8-14,16-17H2,(H,27,28,29)/t23-/m0/s1. The fraction of sp³-hybridized carbons (Fsp3) is 0.560. The highest BCUT2D eigenvalue weighted by Gasteiger charge is 2.29. The van der Waals surface area contributed by atoms with E-state index in [1.165, 1.54) is 12.1 Å². The van der Waals surface area contributed by atoms with E-state index in [1.54, 1.807) is 0 Å². The second kappa shape index (κ2) is 10.1. The molecule has 0 bridgehead atoms. The van der Waals surface area contributed by atoms with Crippen LogP contribution in [-0.2, 0) is 22.5 Å². The van der Waals surface area contributed by atoms with Crippen LogP contribution in [0.3, 0.4) is 0 Å². The zero-order chi connectivity index (χ0) is 22.6. The summed E-state index contributed by atoms with van der Waals surface area (Å²) in [5.41, 5.74) is 3.15. The molecule has 0 unspecified atom stereocenters. The molecule has 0 aliphatic carbocycles. The van der Waals surface area contributed by atoms with Gasteiger partial charge in [0, 0.05) is 38.0 Å². The van der Waals surface area contributed by atoms with Crippen LogP contribution in [0.4, 0.5) is 10.3 Å². The van der Waals surface area contributed by atoms with E-state index in [0.29, 0.717) is 31.6 Å². The number of anilines is 1. The number of piperidine rings is 1. The predicted molar refractivity (Wildman–Crippen MR) is 123 cm³/mol. The summed E-state index contributed by atoms with van der Waals surface area (Å²) in [6.07, 6.45) is 7.80. The summed E-state index contributed by atoms with van der Waals surface area (Å²) in [4.78, 5) is 26.7. The molecule has 1 atom stereocenters. The number of aromatic nitrogens is 2. The Labute approximate surface area is 194 Å². The minimum atomic E-state index is -0.225. The van der Waals surface area contributed by atoms with Gasteiger partial charge in [0.25, 0.3) is 0 Å². The van der Waals surface area contributed by atoms with E-state index in [0.717, 1.165) is 75.1 Å². The van der Waals surface area contributed by atoms with Gasteiger partial charge in [0.15, 0.2) is 0 Å². The van der Waals surface area contributed by atoms with Crippen molar-refractivity contribution in [2.75, 3.05) is 38.2 Å². The molecular weight excluding hydrogens is 421 g/mol. The molecule has 3 aliphatic rings. The molecule has 176 valence electrons. The first-order valence-electron chi connectivity index (χ1n) is 12.1. The third kappa shape index (κ3) is 5.33. The van der Waals surface area contributed by atoms with Crippen molar-refractivity contribution in [3.8, 4) is 0 Å². The second-order valence-corrected chi connectivity index (χ2v) is 9.30. The Balaban J connectivity index is 1.23. The number of hydrogen-bond acceptors (Lipinski definition) is 6. The third-order valence-corrected chi connectivity index (χ3v) is 7.06. The van der Waals surface area contributed by atoms with E-state index in [2.05, 4.69) is 15.2 Å². The van der Waals surface area contributed by atoms with Gasteiger partial charge in [-0.2, -0.15) is 0 Å². The Bertz CT molecular complexity index is 964. The van der Waals surface area contributed by atoms with Crippen molar-refractivity contribution in [3.05, 3.63) is 53.1 Å². The first-order valence-corrected chi connectivity index (χ1v) is 12.1. The van der Waals surface area contributed by atoms with Crippen molar-refractivity contribution in [1.29, 1.82) is 0 Å². The smallest absolute Gasteiger partial charge is 0.237 e. The predicted octanol–water partition coefficient (Wildman–Crippen LogP) is 3.32. The first kappa shape index (κ1) is 22.2. The molecule has 1 amide bonds. The molecule has 8 heteroatoms. The number of nitrogens with one attached hydrogen (secondary N) is 1.